The van der Waals surface area contributed by atoms with Crippen molar-refractivity contribution in [2.24, 2.45) is 0 Å². The molecule has 1 atom stereocenters. The normalized spacial score (nSPS) is 12.3. The first-order valence-corrected chi connectivity index (χ1v) is 6.68. The highest BCUT2D eigenvalue weighted by Gasteiger charge is 2.16. The van der Waals surface area contributed by atoms with E-state index in [1.165, 1.54) is 25.3 Å². The molecule has 0 aromatic heterocycles. The number of aryl methyl sites for hydroxylation is 1. The van der Waals surface area contributed by atoms with E-state index in [9.17, 15) is 8.78 Å². The molecular weight excluding hydrogens is 314 g/mol. The lowest BCUT2D eigenvalue weighted by Gasteiger charge is -2.13. The highest BCUT2D eigenvalue weighted by Crippen LogP contribution is 2.34. The standard InChI is InChI=1S/C15H13BrF2O/c1-9-3-5-12(17)11(7-9)15(16)10-4-6-14(19-2)13(18)8-10/h3-8,15H,1-2H3. The second-order valence-corrected chi connectivity index (χ2v) is 5.20. The number of hydrogen-bond acceptors (Lipinski definition) is 1. The lowest BCUT2D eigenvalue weighted by Crippen LogP contribution is -1.99. The SMILES string of the molecule is COc1ccc(C(Br)c2cc(C)ccc2F)cc1F. The molecule has 100 valence electrons. The van der Waals surface area contributed by atoms with Gasteiger partial charge in [-0.2, -0.15) is 0 Å². The molecule has 2 aromatic rings. The molecule has 2 aromatic carbocycles. The van der Waals surface area contributed by atoms with Crippen LogP contribution in [-0.4, -0.2) is 7.11 Å². The highest BCUT2D eigenvalue weighted by molar-refractivity contribution is 9.09. The average molecular weight is 327 g/mol. The van der Waals surface area contributed by atoms with Crippen LogP contribution < -0.4 is 4.74 Å². The Morgan fingerprint density at radius 3 is 2.42 bits per heavy atom. The Morgan fingerprint density at radius 2 is 1.79 bits per heavy atom. The van der Waals surface area contributed by atoms with Gasteiger partial charge in [0, 0.05) is 5.56 Å². The molecule has 0 N–H and O–H groups in total. The molecule has 0 aliphatic rings. The van der Waals surface area contributed by atoms with E-state index in [0.717, 1.165) is 5.56 Å². The lowest BCUT2D eigenvalue weighted by atomic mass is 10.0. The van der Waals surface area contributed by atoms with Gasteiger partial charge >= 0.3 is 0 Å². The lowest BCUT2D eigenvalue weighted by molar-refractivity contribution is 0.386. The van der Waals surface area contributed by atoms with Crippen LogP contribution in [0.15, 0.2) is 36.4 Å². The third-order valence-electron chi connectivity index (χ3n) is 2.89. The number of methoxy groups -OCH3 is 1. The fraction of sp³-hybridized carbons (Fsp3) is 0.200. The minimum atomic E-state index is -0.461. The molecule has 0 heterocycles. The third-order valence-corrected chi connectivity index (χ3v) is 3.91. The largest absolute Gasteiger partial charge is 0.494 e. The van der Waals surface area contributed by atoms with E-state index in [-0.39, 0.29) is 11.6 Å². The van der Waals surface area contributed by atoms with Gasteiger partial charge in [-0.05, 0) is 30.7 Å². The second-order valence-electron chi connectivity index (χ2n) is 4.28. The van der Waals surface area contributed by atoms with Crippen molar-refractivity contribution in [2.45, 2.75) is 11.8 Å². The van der Waals surface area contributed by atoms with Crippen LogP contribution in [0.5, 0.6) is 5.75 Å². The van der Waals surface area contributed by atoms with E-state index in [4.69, 9.17) is 4.74 Å². The summed E-state index contributed by atoms with van der Waals surface area (Å²) in [4.78, 5) is -0.396. The molecule has 19 heavy (non-hydrogen) atoms. The number of rotatable bonds is 3. The van der Waals surface area contributed by atoms with Crippen molar-refractivity contribution in [2.75, 3.05) is 7.11 Å². The van der Waals surface area contributed by atoms with E-state index in [2.05, 4.69) is 15.9 Å². The maximum atomic E-state index is 13.8. The summed E-state index contributed by atoms with van der Waals surface area (Å²) in [6.45, 7) is 1.89. The number of hydrogen-bond donors (Lipinski definition) is 0. The smallest absolute Gasteiger partial charge is 0.165 e. The van der Waals surface area contributed by atoms with Crippen molar-refractivity contribution in [3.8, 4) is 5.75 Å². The molecule has 1 unspecified atom stereocenters. The van der Waals surface area contributed by atoms with Gasteiger partial charge in [0.1, 0.15) is 5.82 Å². The molecule has 1 nitrogen and oxygen atoms in total. The van der Waals surface area contributed by atoms with E-state index in [1.54, 1.807) is 18.2 Å². The predicted octanol–water partition coefficient (Wildman–Crippen LogP) is 4.77. The Morgan fingerprint density at radius 1 is 1.05 bits per heavy atom. The van der Waals surface area contributed by atoms with Crippen LogP contribution in [-0.2, 0) is 0 Å². The molecule has 0 spiro atoms. The first-order chi connectivity index (χ1) is 9.02. The number of benzene rings is 2. The molecule has 0 aliphatic heterocycles. The van der Waals surface area contributed by atoms with Crippen LogP contribution in [0.1, 0.15) is 21.5 Å². The van der Waals surface area contributed by atoms with Crippen LogP contribution in [0.4, 0.5) is 8.78 Å². The molecular formula is C15H13BrF2O. The van der Waals surface area contributed by atoms with Gasteiger partial charge in [0.25, 0.3) is 0 Å². The van der Waals surface area contributed by atoms with Crippen LogP contribution in [0, 0.1) is 18.6 Å². The van der Waals surface area contributed by atoms with Crippen molar-refractivity contribution < 1.29 is 13.5 Å². The van der Waals surface area contributed by atoms with Gasteiger partial charge in [0.2, 0.25) is 0 Å². The van der Waals surface area contributed by atoms with Crippen molar-refractivity contribution in [3.63, 3.8) is 0 Å². The van der Waals surface area contributed by atoms with E-state index < -0.39 is 10.6 Å². The van der Waals surface area contributed by atoms with E-state index >= 15 is 0 Å². The van der Waals surface area contributed by atoms with Crippen molar-refractivity contribution in [3.05, 3.63) is 64.7 Å². The summed E-state index contributed by atoms with van der Waals surface area (Å²) in [5.74, 6) is -0.602. The zero-order valence-electron chi connectivity index (χ0n) is 10.6. The molecule has 0 amide bonds. The summed E-state index contributed by atoms with van der Waals surface area (Å²) in [6, 6.07) is 9.46. The van der Waals surface area contributed by atoms with E-state index in [0.29, 0.717) is 11.1 Å². The summed E-state index contributed by atoms with van der Waals surface area (Å²) >= 11 is 3.41. The minimum Gasteiger partial charge on any atom is -0.494 e. The van der Waals surface area contributed by atoms with Gasteiger partial charge in [0.05, 0.1) is 11.9 Å². The monoisotopic (exact) mass is 326 g/mol. The number of ether oxygens (including phenoxy) is 1. The molecule has 0 saturated heterocycles. The topological polar surface area (TPSA) is 9.23 Å². The maximum Gasteiger partial charge on any atom is 0.165 e. The number of alkyl halides is 1. The highest BCUT2D eigenvalue weighted by atomic mass is 79.9. The fourth-order valence-corrected chi connectivity index (χ4v) is 2.51. The third kappa shape index (κ3) is 2.95. The predicted molar refractivity (Wildman–Crippen MR) is 74.9 cm³/mol. The van der Waals surface area contributed by atoms with Gasteiger partial charge < -0.3 is 4.74 Å². The molecule has 0 bridgehead atoms. The molecule has 0 saturated carbocycles. The second kappa shape index (κ2) is 5.70. The van der Waals surface area contributed by atoms with Gasteiger partial charge in [-0.1, -0.05) is 39.7 Å². The molecule has 2 rings (SSSR count). The van der Waals surface area contributed by atoms with Crippen LogP contribution in [0.25, 0.3) is 0 Å². The maximum absolute atomic E-state index is 13.8. The Hall–Kier alpha value is -1.42. The van der Waals surface area contributed by atoms with Crippen molar-refractivity contribution in [1.82, 2.24) is 0 Å². The average Bonchev–Trinajstić information content (AvgIpc) is 2.40. The summed E-state index contributed by atoms with van der Waals surface area (Å²) in [5.41, 5.74) is 2.09. The Bertz CT molecular complexity index is 599. The summed E-state index contributed by atoms with van der Waals surface area (Å²) in [5, 5.41) is 0. The van der Waals surface area contributed by atoms with Gasteiger partial charge in [-0.15, -0.1) is 0 Å². The Kier molecular flexibility index (Phi) is 4.20. The quantitative estimate of drug-likeness (QED) is 0.738. The van der Waals surface area contributed by atoms with Crippen LogP contribution >= 0.6 is 15.9 Å². The van der Waals surface area contributed by atoms with Crippen molar-refractivity contribution in [1.29, 1.82) is 0 Å². The number of halogens is 3. The first-order valence-electron chi connectivity index (χ1n) is 5.76. The fourth-order valence-electron chi connectivity index (χ4n) is 1.88. The minimum absolute atomic E-state index is 0.174. The summed E-state index contributed by atoms with van der Waals surface area (Å²) in [6.07, 6.45) is 0. The summed E-state index contributed by atoms with van der Waals surface area (Å²) < 4.78 is 32.3. The zero-order valence-corrected chi connectivity index (χ0v) is 12.2. The molecule has 0 radical (unpaired) electrons. The van der Waals surface area contributed by atoms with Gasteiger partial charge in [-0.3, -0.25) is 0 Å². The molecule has 0 aliphatic carbocycles. The zero-order chi connectivity index (χ0) is 14.0. The molecule has 0 fully saturated rings. The van der Waals surface area contributed by atoms with Gasteiger partial charge in [-0.25, -0.2) is 8.78 Å². The Balaban J connectivity index is 2.41. The first kappa shape index (κ1) is 14.0. The summed E-state index contributed by atoms with van der Waals surface area (Å²) in [7, 11) is 1.41. The van der Waals surface area contributed by atoms with Crippen LogP contribution in [0.3, 0.4) is 0 Å². The van der Waals surface area contributed by atoms with Crippen molar-refractivity contribution >= 4 is 15.9 Å². The Labute approximate surface area is 119 Å². The van der Waals surface area contributed by atoms with Gasteiger partial charge in [0.15, 0.2) is 11.6 Å². The molecule has 4 heteroatoms. The van der Waals surface area contributed by atoms with Crippen LogP contribution in [0.2, 0.25) is 0 Å². The van der Waals surface area contributed by atoms with E-state index in [1.807, 2.05) is 6.92 Å².